The molecule has 186 valence electrons. The van der Waals surface area contributed by atoms with E-state index in [0.717, 1.165) is 60.2 Å². The quantitative estimate of drug-likeness (QED) is 0.301. The first-order valence-electron chi connectivity index (χ1n) is 12.7. The van der Waals surface area contributed by atoms with Crippen LogP contribution in [0, 0.1) is 0 Å². The van der Waals surface area contributed by atoms with E-state index in [4.69, 9.17) is 13.9 Å². The lowest BCUT2D eigenvalue weighted by atomic mass is 9.96. The summed E-state index contributed by atoms with van der Waals surface area (Å²) in [6, 6.07) is 20.6. The van der Waals surface area contributed by atoms with Gasteiger partial charge in [0.2, 0.25) is 5.78 Å². The van der Waals surface area contributed by atoms with Gasteiger partial charge in [-0.1, -0.05) is 30.3 Å². The molecule has 6 rings (SSSR count). The second-order valence-electron chi connectivity index (χ2n) is 9.41. The standard InChI is InChI=1S/C31H27NO5/c33-28(32-15-5-2-6-16-32)20-36-24-13-11-22(12-14-24)30(34)31-29(21-8-3-1-4-9-21)25-18-23-10-7-17-35-26(23)19-27(25)37-31/h1,3-4,7-9,11-14,17-19H,2,5-6,10,15-16,20H2. The highest BCUT2D eigenvalue weighted by Gasteiger charge is 2.25. The van der Waals surface area contributed by atoms with E-state index in [1.165, 1.54) is 6.42 Å². The van der Waals surface area contributed by atoms with Crippen LogP contribution in [0.2, 0.25) is 0 Å². The van der Waals surface area contributed by atoms with Crippen molar-refractivity contribution >= 4 is 22.7 Å². The van der Waals surface area contributed by atoms with Crippen molar-refractivity contribution < 1.29 is 23.5 Å². The van der Waals surface area contributed by atoms with Gasteiger partial charge in [-0.3, -0.25) is 9.59 Å². The number of carbonyl (C=O) groups is 2. The van der Waals surface area contributed by atoms with E-state index < -0.39 is 0 Å². The summed E-state index contributed by atoms with van der Waals surface area (Å²) in [6.07, 6.45) is 7.65. The van der Waals surface area contributed by atoms with Gasteiger partial charge >= 0.3 is 0 Å². The summed E-state index contributed by atoms with van der Waals surface area (Å²) in [6.45, 7) is 1.58. The predicted molar refractivity (Wildman–Crippen MR) is 141 cm³/mol. The maximum atomic E-state index is 13.7. The Hall–Kier alpha value is -4.32. The minimum Gasteiger partial charge on any atom is -0.484 e. The maximum absolute atomic E-state index is 13.7. The Morgan fingerprint density at radius 2 is 1.70 bits per heavy atom. The van der Waals surface area contributed by atoms with Gasteiger partial charge in [-0.25, -0.2) is 0 Å². The van der Waals surface area contributed by atoms with E-state index in [1.54, 1.807) is 30.5 Å². The van der Waals surface area contributed by atoms with E-state index in [-0.39, 0.29) is 24.1 Å². The summed E-state index contributed by atoms with van der Waals surface area (Å²) in [4.78, 5) is 27.9. The van der Waals surface area contributed by atoms with Crippen molar-refractivity contribution in [1.29, 1.82) is 0 Å². The van der Waals surface area contributed by atoms with Gasteiger partial charge in [0, 0.05) is 35.7 Å². The molecule has 0 saturated carbocycles. The summed E-state index contributed by atoms with van der Waals surface area (Å²) < 4.78 is 17.5. The minimum absolute atomic E-state index is 0.00323. The molecule has 3 heterocycles. The van der Waals surface area contributed by atoms with Gasteiger partial charge in [-0.05, 0) is 73.2 Å². The number of rotatable bonds is 6. The minimum atomic E-state index is -0.219. The first kappa shape index (κ1) is 23.1. The van der Waals surface area contributed by atoms with Crippen molar-refractivity contribution in [3.05, 3.63) is 96.0 Å². The number of fused-ring (bicyclic) bond motifs is 2. The third kappa shape index (κ3) is 4.62. The molecule has 6 nitrogen and oxygen atoms in total. The Balaban J connectivity index is 1.28. The van der Waals surface area contributed by atoms with Crippen LogP contribution in [-0.4, -0.2) is 36.3 Å². The van der Waals surface area contributed by atoms with Crippen LogP contribution in [0.25, 0.3) is 22.1 Å². The van der Waals surface area contributed by atoms with Crippen molar-refractivity contribution in [2.24, 2.45) is 0 Å². The number of piperidine rings is 1. The van der Waals surface area contributed by atoms with Crippen molar-refractivity contribution in [3.63, 3.8) is 0 Å². The summed E-state index contributed by atoms with van der Waals surface area (Å²) in [5.74, 6) is 1.35. The van der Waals surface area contributed by atoms with Crippen LogP contribution in [0.15, 0.2) is 83.5 Å². The Bertz CT molecular complexity index is 1480. The number of benzene rings is 3. The van der Waals surface area contributed by atoms with Gasteiger partial charge in [0.15, 0.2) is 12.4 Å². The van der Waals surface area contributed by atoms with Gasteiger partial charge < -0.3 is 18.8 Å². The van der Waals surface area contributed by atoms with Crippen LogP contribution in [-0.2, 0) is 11.2 Å². The molecule has 1 aromatic heterocycles. The van der Waals surface area contributed by atoms with Crippen LogP contribution in [0.4, 0.5) is 0 Å². The van der Waals surface area contributed by atoms with Crippen LogP contribution in [0.1, 0.15) is 40.9 Å². The largest absolute Gasteiger partial charge is 0.484 e. The van der Waals surface area contributed by atoms with Crippen LogP contribution >= 0.6 is 0 Å². The zero-order valence-electron chi connectivity index (χ0n) is 20.4. The van der Waals surface area contributed by atoms with Crippen molar-refractivity contribution in [2.75, 3.05) is 19.7 Å². The first-order chi connectivity index (χ1) is 18.2. The fourth-order valence-corrected chi connectivity index (χ4v) is 5.00. The fourth-order valence-electron chi connectivity index (χ4n) is 5.00. The molecule has 0 N–H and O–H groups in total. The third-order valence-corrected chi connectivity index (χ3v) is 6.96. The van der Waals surface area contributed by atoms with Crippen LogP contribution in [0.5, 0.6) is 11.5 Å². The van der Waals surface area contributed by atoms with Gasteiger partial charge in [-0.2, -0.15) is 0 Å². The highest BCUT2D eigenvalue weighted by Crippen LogP contribution is 2.40. The maximum Gasteiger partial charge on any atom is 0.260 e. The Morgan fingerprint density at radius 1 is 0.919 bits per heavy atom. The molecule has 4 aromatic rings. The molecule has 2 aliphatic heterocycles. The van der Waals surface area contributed by atoms with Gasteiger partial charge in [0.1, 0.15) is 17.1 Å². The molecule has 0 radical (unpaired) electrons. The highest BCUT2D eigenvalue weighted by atomic mass is 16.5. The summed E-state index contributed by atoms with van der Waals surface area (Å²) in [5.41, 5.74) is 3.81. The number of ether oxygens (including phenoxy) is 2. The number of likely N-dealkylation sites (tertiary alicyclic amines) is 1. The molecular formula is C31H27NO5. The smallest absolute Gasteiger partial charge is 0.260 e. The summed E-state index contributed by atoms with van der Waals surface area (Å²) >= 11 is 0. The number of hydrogen-bond donors (Lipinski definition) is 0. The van der Waals surface area contributed by atoms with Gasteiger partial charge in [0.25, 0.3) is 5.91 Å². The second kappa shape index (κ2) is 9.97. The molecule has 1 saturated heterocycles. The van der Waals surface area contributed by atoms with Crippen molar-refractivity contribution in [2.45, 2.75) is 25.7 Å². The zero-order chi connectivity index (χ0) is 25.2. The van der Waals surface area contributed by atoms with E-state index in [9.17, 15) is 9.59 Å². The van der Waals surface area contributed by atoms with Crippen molar-refractivity contribution in [3.8, 4) is 22.6 Å². The SMILES string of the molecule is O=C(c1ccc(OCC(=O)N2CCCCC2)cc1)c1oc2cc3c(cc2c1-c1ccccc1)CC=CO3. The van der Waals surface area contributed by atoms with E-state index >= 15 is 0 Å². The van der Waals surface area contributed by atoms with Gasteiger partial charge in [0.05, 0.1) is 6.26 Å². The number of ketones is 1. The molecular weight excluding hydrogens is 466 g/mol. The molecule has 2 aliphatic rings. The van der Waals surface area contributed by atoms with Crippen LogP contribution < -0.4 is 9.47 Å². The van der Waals surface area contributed by atoms with E-state index in [1.807, 2.05) is 53.4 Å². The van der Waals surface area contributed by atoms with Crippen LogP contribution in [0.3, 0.4) is 0 Å². The molecule has 0 aliphatic carbocycles. The number of allylic oxidation sites excluding steroid dienone is 1. The van der Waals surface area contributed by atoms with Gasteiger partial charge in [-0.15, -0.1) is 0 Å². The molecule has 0 atom stereocenters. The summed E-state index contributed by atoms with van der Waals surface area (Å²) in [5, 5.41) is 0.878. The number of furan rings is 1. The molecule has 37 heavy (non-hydrogen) atoms. The number of hydrogen-bond acceptors (Lipinski definition) is 5. The molecule has 6 heteroatoms. The Kier molecular flexibility index (Phi) is 6.23. The molecule has 0 bridgehead atoms. The summed E-state index contributed by atoms with van der Waals surface area (Å²) in [7, 11) is 0. The lowest BCUT2D eigenvalue weighted by Crippen LogP contribution is -2.38. The van der Waals surface area contributed by atoms with E-state index in [2.05, 4.69) is 0 Å². The third-order valence-electron chi connectivity index (χ3n) is 6.96. The molecule has 1 amide bonds. The van der Waals surface area contributed by atoms with Crippen molar-refractivity contribution in [1.82, 2.24) is 4.90 Å². The molecule has 0 spiro atoms. The average Bonchev–Trinajstić information content (AvgIpc) is 3.33. The topological polar surface area (TPSA) is 69.0 Å². The Morgan fingerprint density at radius 3 is 2.49 bits per heavy atom. The molecule has 1 fully saturated rings. The molecule has 3 aromatic carbocycles. The normalized spacial score (nSPS) is 14.8. The monoisotopic (exact) mass is 493 g/mol. The van der Waals surface area contributed by atoms with E-state index in [0.29, 0.717) is 16.9 Å². The first-order valence-corrected chi connectivity index (χ1v) is 12.7. The fraction of sp³-hybridized carbons (Fsp3) is 0.226. The lowest BCUT2D eigenvalue weighted by Gasteiger charge is -2.26. The predicted octanol–water partition coefficient (Wildman–Crippen LogP) is 6.17. The number of amides is 1. The number of carbonyl (C=O) groups excluding carboxylic acids is 2. The zero-order valence-corrected chi connectivity index (χ0v) is 20.4. The average molecular weight is 494 g/mol. The lowest BCUT2D eigenvalue weighted by molar-refractivity contribution is -0.134. The number of nitrogens with zero attached hydrogens (tertiary/aromatic N) is 1. The Labute approximate surface area is 215 Å². The molecule has 0 unspecified atom stereocenters. The second-order valence-corrected chi connectivity index (χ2v) is 9.41. The highest BCUT2D eigenvalue weighted by molar-refractivity contribution is 6.16.